The molecule has 0 aliphatic carbocycles. The Kier molecular flexibility index (Phi) is 5.77. The predicted octanol–water partition coefficient (Wildman–Crippen LogP) is 2.71. The van der Waals surface area contributed by atoms with E-state index in [0.717, 1.165) is 11.1 Å². The Morgan fingerprint density at radius 3 is 2.59 bits per heavy atom. The number of β-amino-alcohol motifs (C(OH)–C–C–N with tert-alkyl or cyclic N) is 1. The first kappa shape index (κ1) is 19.3. The molecule has 1 aliphatic heterocycles. The summed E-state index contributed by atoms with van der Waals surface area (Å²) in [6.07, 6.45) is -0.390. The molecule has 0 radical (unpaired) electrons. The van der Waals surface area contributed by atoms with E-state index in [1.807, 2.05) is 35.2 Å². The number of likely N-dealkylation sites (tertiary alicyclic amines) is 1. The molecular formula is C21H24FNO4. The third-order valence-corrected chi connectivity index (χ3v) is 5.35. The molecule has 5 nitrogen and oxygen atoms in total. The fraction of sp³-hybridized carbons (Fsp3) is 0.381. The van der Waals surface area contributed by atoms with E-state index in [9.17, 15) is 19.4 Å². The molecule has 0 bridgehead atoms. The molecule has 1 heterocycles. The lowest BCUT2D eigenvalue weighted by molar-refractivity contribution is -0.163. The van der Waals surface area contributed by atoms with Gasteiger partial charge in [-0.1, -0.05) is 36.4 Å². The second-order valence-electron chi connectivity index (χ2n) is 7.09. The van der Waals surface area contributed by atoms with Crippen molar-refractivity contribution in [1.82, 2.24) is 4.90 Å². The van der Waals surface area contributed by atoms with Crippen LogP contribution < -0.4 is 4.74 Å². The Morgan fingerprint density at radius 1 is 1.26 bits per heavy atom. The minimum atomic E-state index is -1.21. The average Bonchev–Trinajstić information content (AvgIpc) is 2.65. The van der Waals surface area contributed by atoms with Crippen molar-refractivity contribution in [3.05, 3.63) is 65.5 Å². The molecule has 144 valence electrons. The molecule has 0 saturated carbocycles. The van der Waals surface area contributed by atoms with Gasteiger partial charge in [0, 0.05) is 13.1 Å². The molecule has 2 atom stereocenters. The van der Waals surface area contributed by atoms with E-state index in [0.29, 0.717) is 19.5 Å². The summed E-state index contributed by atoms with van der Waals surface area (Å²) >= 11 is 0. The number of carbonyl (C=O) groups is 1. The van der Waals surface area contributed by atoms with E-state index in [4.69, 9.17) is 4.74 Å². The quantitative estimate of drug-likeness (QED) is 0.815. The molecule has 2 N–H and O–H groups in total. The summed E-state index contributed by atoms with van der Waals surface area (Å²) in [4.78, 5) is 14.0. The van der Waals surface area contributed by atoms with Crippen LogP contribution in [0.15, 0.2) is 48.5 Å². The van der Waals surface area contributed by atoms with Crippen molar-refractivity contribution in [2.24, 2.45) is 5.41 Å². The van der Waals surface area contributed by atoms with E-state index in [-0.39, 0.29) is 18.7 Å². The highest BCUT2D eigenvalue weighted by Gasteiger charge is 2.48. The summed E-state index contributed by atoms with van der Waals surface area (Å²) in [6, 6.07) is 14.1. The minimum Gasteiger partial charge on any atom is -0.494 e. The molecule has 6 heteroatoms. The normalized spacial score (nSPS) is 23.1. The van der Waals surface area contributed by atoms with Crippen molar-refractivity contribution in [3.63, 3.8) is 0 Å². The molecular weight excluding hydrogens is 349 g/mol. The second kappa shape index (κ2) is 8.06. The molecule has 0 spiro atoms. The summed E-state index contributed by atoms with van der Waals surface area (Å²) in [5, 5.41) is 20.6. The van der Waals surface area contributed by atoms with Crippen molar-refractivity contribution < 1.29 is 24.1 Å². The van der Waals surface area contributed by atoms with Crippen LogP contribution in [-0.2, 0) is 17.8 Å². The van der Waals surface area contributed by atoms with Crippen molar-refractivity contribution in [2.75, 3.05) is 20.2 Å². The fourth-order valence-corrected chi connectivity index (χ4v) is 3.74. The van der Waals surface area contributed by atoms with Crippen molar-refractivity contribution in [3.8, 4) is 5.75 Å². The molecule has 2 aromatic rings. The second-order valence-corrected chi connectivity index (χ2v) is 7.09. The molecule has 1 saturated heterocycles. The maximum atomic E-state index is 13.9. The van der Waals surface area contributed by atoms with Gasteiger partial charge in [0.2, 0.25) is 0 Å². The number of benzene rings is 2. The largest absolute Gasteiger partial charge is 0.494 e. The zero-order valence-electron chi connectivity index (χ0n) is 15.3. The zero-order chi connectivity index (χ0) is 19.4. The third kappa shape index (κ3) is 4.12. The van der Waals surface area contributed by atoms with Gasteiger partial charge in [-0.25, -0.2) is 4.39 Å². The maximum Gasteiger partial charge on any atom is 0.312 e. The van der Waals surface area contributed by atoms with Gasteiger partial charge in [0.25, 0.3) is 0 Å². The van der Waals surface area contributed by atoms with E-state index in [1.54, 1.807) is 12.1 Å². The van der Waals surface area contributed by atoms with Gasteiger partial charge in [0.15, 0.2) is 11.6 Å². The molecule has 3 rings (SSSR count). The van der Waals surface area contributed by atoms with Crippen LogP contribution in [0.5, 0.6) is 5.75 Å². The number of carboxylic acid groups (broad SMARTS) is 1. The van der Waals surface area contributed by atoms with E-state index in [2.05, 4.69) is 0 Å². The third-order valence-electron chi connectivity index (χ3n) is 5.35. The predicted molar refractivity (Wildman–Crippen MR) is 99.1 cm³/mol. The molecule has 0 amide bonds. The number of hydrogen-bond donors (Lipinski definition) is 2. The van der Waals surface area contributed by atoms with E-state index < -0.39 is 23.3 Å². The lowest BCUT2D eigenvalue weighted by Gasteiger charge is -2.43. The Hall–Kier alpha value is -2.44. The number of ether oxygens (including phenoxy) is 1. The maximum absolute atomic E-state index is 13.9. The van der Waals surface area contributed by atoms with E-state index >= 15 is 0 Å². The number of hydrogen-bond acceptors (Lipinski definition) is 4. The number of methoxy groups -OCH3 is 1. The monoisotopic (exact) mass is 373 g/mol. The van der Waals surface area contributed by atoms with Crippen LogP contribution in [0.25, 0.3) is 0 Å². The molecule has 0 aromatic heterocycles. The molecule has 0 unspecified atom stereocenters. The van der Waals surface area contributed by atoms with Crippen molar-refractivity contribution in [1.29, 1.82) is 0 Å². The number of halogens is 1. The SMILES string of the molecule is COc1ccc(CN2CC[C@](Cc3ccccc3)(C(=O)O)[C@@H](O)C2)cc1F. The van der Waals surface area contributed by atoms with Crippen LogP contribution in [-0.4, -0.2) is 47.4 Å². The number of nitrogens with zero attached hydrogens (tertiary/aromatic N) is 1. The summed E-state index contributed by atoms with van der Waals surface area (Å²) < 4.78 is 18.8. The van der Waals surface area contributed by atoms with Crippen molar-refractivity contribution in [2.45, 2.75) is 25.5 Å². The number of aliphatic hydroxyl groups excluding tert-OH is 1. The number of carboxylic acids is 1. The first-order valence-corrected chi connectivity index (χ1v) is 8.95. The number of aliphatic hydroxyl groups is 1. The Morgan fingerprint density at radius 2 is 2.00 bits per heavy atom. The molecule has 27 heavy (non-hydrogen) atoms. The standard InChI is InChI=1S/C21H24FNO4/c1-27-18-8-7-16(11-17(18)22)13-23-10-9-21(20(25)26,19(24)14-23)12-15-5-3-2-4-6-15/h2-8,11,19,24H,9-10,12-14H2,1H3,(H,25,26)/t19-,21+/m0/s1. The molecule has 2 aromatic carbocycles. The van der Waals surface area contributed by atoms with Crippen LogP contribution in [0, 0.1) is 11.2 Å². The average molecular weight is 373 g/mol. The van der Waals surface area contributed by atoms with Crippen LogP contribution in [0.1, 0.15) is 17.5 Å². The molecule has 1 fully saturated rings. The van der Waals surface area contributed by atoms with Gasteiger partial charge in [-0.2, -0.15) is 0 Å². The van der Waals surface area contributed by atoms with Gasteiger partial charge in [-0.15, -0.1) is 0 Å². The van der Waals surface area contributed by atoms with Gasteiger partial charge < -0.3 is 14.9 Å². The Bertz CT molecular complexity index is 798. The lowest BCUT2D eigenvalue weighted by atomic mass is 9.71. The minimum absolute atomic E-state index is 0.185. The van der Waals surface area contributed by atoms with E-state index in [1.165, 1.54) is 13.2 Å². The smallest absolute Gasteiger partial charge is 0.312 e. The Labute approximate surface area is 158 Å². The van der Waals surface area contributed by atoms with Gasteiger partial charge in [0.1, 0.15) is 5.41 Å². The highest BCUT2D eigenvalue weighted by atomic mass is 19.1. The fourth-order valence-electron chi connectivity index (χ4n) is 3.74. The van der Waals surface area contributed by atoms with Crippen LogP contribution in [0.4, 0.5) is 4.39 Å². The number of rotatable bonds is 6. The number of aliphatic carboxylic acids is 1. The highest BCUT2D eigenvalue weighted by molar-refractivity contribution is 5.76. The number of piperidine rings is 1. The van der Waals surface area contributed by atoms with Gasteiger partial charge in [0.05, 0.1) is 13.2 Å². The van der Waals surface area contributed by atoms with Gasteiger partial charge >= 0.3 is 5.97 Å². The van der Waals surface area contributed by atoms with Crippen LogP contribution in [0.3, 0.4) is 0 Å². The zero-order valence-corrected chi connectivity index (χ0v) is 15.3. The van der Waals surface area contributed by atoms with Gasteiger partial charge in [-0.3, -0.25) is 9.69 Å². The summed E-state index contributed by atoms with van der Waals surface area (Å²) in [6.45, 7) is 1.19. The van der Waals surface area contributed by atoms with Gasteiger partial charge in [-0.05, 0) is 42.6 Å². The highest BCUT2D eigenvalue weighted by Crippen LogP contribution is 2.36. The van der Waals surface area contributed by atoms with Crippen LogP contribution in [0.2, 0.25) is 0 Å². The van der Waals surface area contributed by atoms with Crippen LogP contribution >= 0.6 is 0 Å². The molecule has 1 aliphatic rings. The topological polar surface area (TPSA) is 70.0 Å². The first-order valence-electron chi connectivity index (χ1n) is 8.95. The first-order chi connectivity index (χ1) is 12.9. The Balaban J connectivity index is 1.71. The summed E-state index contributed by atoms with van der Waals surface area (Å²) in [5.74, 6) is -1.23. The summed E-state index contributed by atoms with van der Waals surface area (Å²) in [5.41, 5.74) is 0.444. The summed E-state index contributed by atoms with van der Waals surface area (Å²) in [7, 11) is 1.41. The van der Waals surface area contributed by atoms with Crippen molar-refractivity contribution >= 4 is 5.97 Å². The lowest BCUT2D eigenvalue weighted by Crippen LogP contribution is -2.55.